The predicted octanol–water partition coefficient (Wildman–Crippen LogP) is 15.3. The highest BCUT2D eigenvalue weighted by molar-refractivity contribution is 7.26. The Morgan fingerprint density at radius 1 is 0.591 bits per heavy atom. The van der Waals surface area contributed by atoms with Crippen LogP contribution in [-0.2, 0) is 21.7 Å². The number of benzene rings is 6. The van der Waals surface area contributed by atoms with E-state index in [2.05, 4.69) is 189 Å². The normalized spacial score (nSPS) is 27.1. The Balaban J connectivity index is 1.13. The summed E-state index contributed by atoms with van der Waals surface area (Å²) in [5.41, 5.74) is 22.4. The molecule has 0 spiro atoms. The SMILES string of the molecule is Cc1cc2c3c(c1)N1c4c(cc(C(C)(C)C)cc4C4(C)CCCCC14C)B3c1ccc(C3c4ccc(C(C)(C)C)cc4C4(C)CCCCC34C)cc1N2c1cccc2c1sc1ccccc12. The lowest BCUT2D eigenvalue weighted by Gasteiger charge is -2.53. The lowest BCUT2D eigenvalue weighted by atomic mass is 9.33. The maximum absolute atomic E-state index is 2.91. The van der Waals surface area contributed by atoms with Crippen molar-refractivity contribution in [1.82, 2.24) is 0 Å². The van der Waals surface area contributed by atoms with Gasteiger partial charge in [0.25, 0.3) is 6.71 Å². The third-order valence-corrected chi connectivity index (χ3v) is 20.6. The van der Waals surface area contributed by atoms with Crippen molar-refractivity contribution in [1.29, 1.82) is 0 Å². The van der Waals surface area contributed by atoms with E-state index in [4.69, 9.17) is 0 Å². The van der Waals surface area contributed by atoms with E-state index in [0.29, 0.717) is 5.92 Å². The van der Waals surface area contributed by atoms with Gasteiger partial charge in [-0.25, -0.2) is 0 Å². The first-order chi connectivity index (χ1) is 31.4. The van der Waals surface area contributed by atoms with Crippen molar-refractivity contribution in [2.24, 2.45) is 5.41 Å². The van der Waals surface area contributed by atoms with E-state index in [0.717, 1.165) is 0 Å². The third kappa shape index (κ3) is 5.11. The molecule has 2 saturated carbocycles. The van der Waals surface area contributed by atoms with Gasteiger partial charge in [0.05, 0.1) is 15.9 Å². The Morgan fingerprint density at radius 3 is 2.08 bits per heavy atom. The molecule has 3 aliphatic carbocycles. The van der Waals surface area contributed by atoms with E-state index in [1.165, 1.54) is 139 Å². The van der Waals surface area contributed by atoms with E-state index < -0.39 is 0 Å². The topological polar surface area (TPSA) is 6.48 Å². The second-order valence-corrected chi connectivity index (χ2v) is 25.9. The van der Waals surface area contributed by atoms with Crippen LogP contribution >= 0.6 is 11.3 Å². The lowest BCUT2D eigenvalue weighted by Crippen LogP contribution is -2.64. The summed E-state index contributed by atoms with van der Waals surface area (Å²) in [6.07, 6.45) is 10.1. The zero-order chi connectivity index (χ0) is 45.7. The number of aryl methyl sites for hydroxylation is 1. The molecule has 0 bridgehead atoms. The van der Waals surface area contributed by atoms with Crippen LogP contribution < -0.4 is 26.2 Å². The maximum atomic E-state index is 2.91. The fraction of sp³-hybridized carbons (Fsp3) is 0.419. The van der Waals surface area contributed by atoms with Crippen LogP contribution in [0, 0.1) is 12.3 Å². The second-order valence-electron chi connectivity index (χ2n) is 24.9. The molecular formula is C62H67BN2S. The Bertz CT molecular complexity index is 3250. The molecule has 6 aromatic carbocycles. The molecule has 334 valence electrons. The Kier molecular flexibility index (Phi) is 8.31. The first-order valence-electron chi connectivity index (χ1n) is 25.5. The van der Waals surface area contributed by atoms with Crippen LogP contribution in [0.1, 0.15) is 165 Å². The second kappa shape index (κ2) is 13.2. The number of thiophene rings is 1. The maximum Gasteiger partial charge on any atom is 0.252 e. The molecule has 0 radical (unpaired) electrons. The molecule has 4 heteroatoms. The third-order valence-electron chi connectivity index (χ3n) is 19.4. The van der Waals surface area contributed by atoms with Gasteiger partial charge < -0.3 is 9.80 Å². The lowest BCUT2D eigenvalue weighted by molar-refractivity contribution is 0.0923. The highest BCUT2D eigenvalue weighted by atomic mass is 32.1. The van der Waals surface area contributed by atoms with Crippen molar-refractivity contribution in [2.45, 2.75) is 161 Å². The van der Waals surface area contributed by atoms with Crippen LogP contribution in [0.5, 0.6) is 0 Å². The summed E-state index contributed by atoms with van der Waals surface area (Å²) in [5.74, 6) is 0.312. The fourth-order valence-corrected chi connectivity index (χ4v) is 16.6. The summed E-state index contributed by atoms with van der Waals surface area (Å²) >= 11 is 1.97. The molecule has 5 unspecified atom stereocenters. The van der Waals surface area contributed by atoms with E-state index in [1.54, 1.807) is 16.7 Å². The van der Waals surface area contributed by atoms with Crippen LogP contribution in [0.25, 0.3) is 20.2 Å². The number of rotatable bonds is 2. The highest BCUT2D eigenvalue weighted by Crippen LogP contribution is 2.68. The largest absolute Gasteiger partial charge is 0.335 e. The zero-order valence-corrected chi connectivity index (χ0v) is 42.2. The summed E-state index contributed by atoms with van der Waals surface area (Å²) in [5, 5.41) is 2.71. The van der Waals surface area contributed by atoms with Gasteiger partial charge in [0.15, 0.2) is 0 Å². The predicted molar refractivity (Wildman–Crippen MR) is 286 cm³/mol. The molecule has 5 atom stereocenters. The summed E-state index contributed by atoms with van der Waals surface area (Å²) in [6, 6.07) is 42.3. The summed E-state index contributed by atoms with van der Waals surface area (Å²) in [4.78, 5) is 5.67. The van der Waals surface area contributed by atoms with E-state index in [-0.39, 0.29) is 39.3 Å². The van der Waals surface area contributed by atoms with Crippen LogP contribution in [-0.4, -0.2) is 12.3 Å². The minimum atomic E-state index is -0.0172. The summed E-state index contributed by atoms with van der Waals surface area (Å²) in [6.45, 7) is 27.5. The van der Waals surface area contributed by atoms with Crippen molar-refractivity contribution in [3.63, 3.8) is 0 Å². The Hall–Kier alpha value is -4.80. The monoisotopic (exact) mass is 883 g/mol. The van der Waals surface area contributed by atoms with Crippen LogP contribution in [0.2, 0.25) is 0 Å². The minimum absolute atomic E-state index is 0.0172. The van der Waals surface area contributed by atoms with Gasteiger partial charge in [-0.05, 0) is 147 Å². The van der Waals surface area contributed by atoms with Gasteiger partial charge >= 0.3 is 0 Å². The quantitative estimate of drug-likeness (QED) is 0.160. The first-order valence-corrected chi connectivity index (χ1v) is 26.3. The minimum Gasteiger partial charge on any atom is -0.335 e. The Labute approximate surface area is 398 Å². The molecule has 0 N–H and O–H groups in total. The number of hydrogen-bond donors (Lipinski definition) is 0. The average molecular weight is 883 g/mol. The van der Waals surface area contributed by atoms with Gasteiger partial charge in [0.2, 0.25) is 0 Å². The molecule has 1 aromatic heterocycles. The van der Waals surface area contributed by atoms with Crippen molar-refractivity contribution < 1.29 is 0 Å². The average Bonchev–Trinajstić information content (AvgIpc) is 3.83. The van der Waals surface area contributed by atoms with Gasteiger partial charge in [-0.15, -0.1) is 11.3 Å². The number of anilines is 5. The van der Waals surface area contributed by atoms with Gasteiger partial charge in [-0.3, -0.25) is 0 Å². The summed E-state index contributed by atoms with van der Waals surface area (Å²) < 4.78 is 2.73. The molecule has 0 amide bonds. The molecule has 2 fully saturated rings. The van der Waals surface area contributed by atoms with E-state index in [9.17, 15) is 0 Å². The van der Waals surface area contributed by atoms with E-state index >= 15 is 0 Å². The van der Waals surface area contributed by atoms with Gasteiger partial charge in [0, 0.05) is 49.6 Å². The molecule has 2 nitrogen and oxygen atoms in total. The van der Waals surface area contributed by atoms with Crippen LogP contribution in [0.4, 0.5) is 28.4 Å². The zero-order valence-electron chi connectivity index (χ0n) is 41.4. The number of nitrogens with zero attached hydrogens (tertiary/aromatic N) is 2. The standard InChI is InChI=1S/C62H67BN2S/c1-37-31-50-54-51(32-37)65-55-45(60(9)28-16-17-30-62(60,65)11)35-40(58(5,6)7)36-47(55)63(54)46-26-23-38(33-49(46)64(50)48-21-18-20-42-41-19-12-13-22-52(41)66-56(42)48)53-43-25-24-39(57(2,3)4)34-44(43)59(8)27-14-15-29-61(53,59)10/h12-13,18-26,31-36,53H,14-17,27-30H2,1-11H3. The molecule has 7 aromatic rings. The molecular weight excluding hydrogens is 816 g/mol. The molecule has 6 aliphatic rings. The van der Waals surface area contributed by atoms with E-state index in [1.807, 2.05) is 11.3 Å². The number of hydrogen-bond acceptors (Lipinski definition) is 3. The molecule has 4 heterocycles. The Morgan fingerprint density at radius 2 is 1.29 bits per heavy atom. The fourth-order valence-electron chi connectivity index (χ4n) is 15.3. The highest BCUT2D eigenvalue weighted by Gasteiger charge is 2.62. The van der Waals surface area contributed by atoms with Gasteiger partial charge in [0.1, 0.15) is 0 Å². The van der Waals surface area contributed by atoms with Crippen molar-refractivity contribution in [3.05, 3.63) is 142 Å². The molecule has 3 aliphatic heterocycles. The molecule has 0 saturated heterocycles. The van der Waals surface area contributed by atoms with Crippen LogP contribution in [0.3, 0.4) is 0 Å². The van der Waals surface area contributed by atoms with Crippen LogP contribution in [0.15, 0.2) is 103 Å². The smallest absolute Gasteiger partial charge is 0.252 e. The van der Waals surface area contributed by atoms with Gasteiger partial charge in [-0.1, -0.05) is 161 Å². The van der Waals surface area contributed by atoms with Crippen molar-refractivity contribution in [2.75, 3.05) is 9.80 Å². The molecule has 13 rings (SSSR count). The van der Waals surface area contributed by atoms with Crippen molar-refractivity contribution in [3.8, 4) is 0 Å². The first kappa shape index (κ1) is 41.4. The van der Waals surface area contributed by atoms with Crippen molar-refractivity contribution >= 4 is 83.0 Å². The van der Waals surface area contributed by atoms with Gasteiger partial charge in [-0.2, -0.15) is 0 Å². The number of fused-ring (bicyclic) bond motifs is 13. The molecule has 66 heavy (non-hydrogen) atoms. The summed E-state index contributed by atoms with van der Waals surface area (Å²) in [7, 11) is 0.